The van der Waals surface area contributed by atoms with Crippen molar-refractivity contribution in [2.24, 2.45) is 0 Å². The lowest BCUT2D eigenvalue weighted by atomic mass is 10.1. The molecule has 1 unspecified atom stereocenters. The highest BCUT2D eigenvalue weighted by Crippen LogP contribution is 2.29. The van der Waals surface area contributed by atoms with Gasteiger partial charge in [-0.1, -0.05) is 18.2 Å². The molecule has 0 N–H and O–H groups in total. The van der Waals surface area contributed by atoms with E-state index in [1.165, 1.54) is 0 Å². The van der Waals surface area contributed by atoms with E-state index >= 15 is 0 Å². The lowest BCUT2D eigenvalue weighted by molar-refractivity contribution is -0.160. The molecule has 0 radical (unpaired) electrons. The third-order valence-corrected chi connectivity index (χ3v) is 2.41. The van der Waals surface area contributed by atoms with Crippen LogP contribution in [0.3, 0.4) is 0 Å². The molecule has 0 amide bonds. The van der Waals surface area contributed by atoms with Crippen LogP contribution in [0.2, 0.25) is 0 Å². The summed E-state index contributed by atoms with van der Waals surface area (Å²) in [6.45, 7) is 8.31. The fourth-order valence-corrected chi connectivity index (χ4v) is 1.73. The van der Waals surface area contributed by atoms with Crippen LogP contribution in [0.15, 0.2) is 24.3 Å². The van der Waals surface area contributed by atoms with Gasteiger partial charge in [0.15, 0.2) is 6.10 Å². The maximum atomic E-state index is 12.0. The Balaban J connectivity index is 3.05. The molecule has 1 rings (SSSR count). The number of ether oxygens (including phenoxy) is 3. The van der Waals surface area contributed by atoms with Crippen LogP contribution in [-0.2, 0) is 14.3 Å². The molecule has 0 saturated heterocycles. The van der Waals surface area contributed by atoms with Gasteiger partial charge in [-0.25, -0.2) is 4.79 Å². The number of esters is 1. The summed E-state index contributed by atoms with van der Waals surface area (Å²) in [5, 5.41) is 0. The molecule has 1 aromatic rings. The number of carbonyl (C=O) groups excluding carboxylic acids is 1. The van der Waals surface area contributed by atoms with Crippen LogP contribution in [0.25, 0.3) is 0 Å². The minimum Gasteiger partial charge on any atom is -0.493 e. The topological polar surface area (TPSA) is 44.8 Å². The van der Waals surface area contributed by atoms with Gasteiger partial charge in [0.05, 0.1) is 19.3 Å². The normalized spacial score (nSPS) is 12.3. The largest absolute Gasteiger partial charge is 0.493 e. The first-order valence-corrected chi connectivity index (χ1v) is 6.63. The van der Waals surface area contributed by atoms with Crippen molar-refractivity contribution in [3.05, 3.63) is 29.8 Å². The molecule has 1 aromatic carbocycles. The Kier molecular flexibility index (Phi) is 6.36. The smallest absolute Gasteiger partial charge is 0.340 e. The summed E-state index contributed by atoms with van der Waals surface area (Å²) in [5.41, 5.74) is 0.705. The van der Waals surface area contributed by atoms with Crippen LogP contribution < -0.4 is 4.74 Å². The average molecular weight is 266 g/mol. The number of rotatable bonds is 7. The number of benzene rings is 1. The van der Waals surface area contributed by atoms with E-state index in [9.17, 15) is 4.79 Å². The Hall–Kier alpha value is -1.55. The monoisotopic (exact) mass is 266 g/mol. The maximum Gasteiger partial charge on any atom is 0.340 e. The molecule has 0 fully saturated rings. The molecule has 0 aliphatic rings. The zero-order valence-corrected chi connectivity index (χ0v) is 12.0. The number of carbonyl (C=O) groups is 1. The van der Waals surface area contributed by atoms with Crippen molar-refractivity contribution in [3.63, 3.8) is 0 Å². The minimum atomic E-state index is -0.748. The van der Waals surface area contributed by atoms with Gasteiger partial charge in [-0.15, -0.1) is 0 Å². The minimum absolute atomic E-state index is 0.0795. The third kappa shape index (κ3) is 4.56. The Morgan fingerprint density at radius 3 is 2.42 bits per heavy atom. The molecule has 0 saturated carbocycles. The standard InChI is InChI=1S/C15H22O4/c1-5-17-13-10-8-7-9-12(13)14(19-11(3)4)15(16)18-6-2/h7-11,14H,5-6H2,1-4H3. The summed E-state index contributed by atoms with van der Waals surface area (Å²) in [4.78, 5) is 12.0. The predicted molar refractivity (Wildman–Crippen MR) is 73.2 cm³/mol. The van der Waals surface area contributed by atoms with E-state index in [1.54, 1.807) is 6.92 Å². The van der Waals surface area contributed by atoms with E-state index in [2.05, 4.69) is 0 Å². The molecule has 19 heavy (non-hydrogen) atoms. The molecule has 0 aromatic heterocycles. The van der Waals surface area contributed by atoms with Gasteiger partial charge in [-0.2, -0.15) is 0 Å². The van der Waals surface area contributed by atoms with Crippen LogP contribution >= 0.6 is 0 Å². The van der Waals surface area contributed by atoms with Crippen molar-refractivity contribution in [1.29, 1.82) is 0 Å². The summed E-state index contributed by atoms with van der Waals surface area (Å²) >= 11 is 0. The predicted octanol–water partition coefficient (Wildman–Crippen LogP) is 3.11. The molecule has 0 bridgehead atoms. The van der Waals surface area contributed by atoms with Gasteiger partial charge in [0.1, 0.15) is 5.75 Å². The Morgan fingerprint density at radius 1 is 1.16 bits per heavy atom. The first-order chi connectivity index (χ1) is 9.10. The van der Waals surface area contributed by atoms with E-state index in [-0.39, 0.29) is 12.1 Å². The SMILES string of the molecule is CCOC(=O)C(OC(C)C)c1ccccc1OCC. The van der Waals surface area contributed by atoms with Crippen molar-refractivity contribution >= 4 is 5.97 Å². The Morgan fingerprint density at radius 2 is 1.84 bits per heavy atom. The highest BCUT2D eigenvalue weighted by Gasteiger charge is 2.27. The summed E-state index contributed by atoms with van der Waals surface area (Å²) in [5.74, 6) is 0.270. The fraction of sp³-hybridized carbons (Fsp3) is 0.533. The van der Waals surface area contributed by atoms with Gasteiger partial charge >= 0.3 is 5.97 Å². The summed E-state index contributed by atoms with van der Waals surface area (Å²) < 4.78 is 16.3. The maximum absolute atomic E-state index is 12.0. The first-order valence-electron chi connectivity index (χ1n) is 6.63. The van der Waals surface area contributed by atoms with Crippen molar-refractivity contribution in [3.8, 4) is 5.75 Å². The van der Waals surface area contributed by atoms with Crippen LogP contribution in [0, 0.1) is 0 Å². The van der Waals surface area contributed by atoms with E-state index < -0.39 is 6.10 Å². The van der Waals surface area contributed by atoms with Crippen molar-refractivity contribution in [2.75, 3.05) is 13.2 Å². The average Bonchev–Trinajstić information content (AvgIpc) is 2.37. The van der Waals surface area contributed by atoms with E-state index in [4.69, 9.17) is 14.2 Å². The number of hydrogen-bond acceptors (Lipinski definition) is 4. The van der Waals surface area contributed by atoms with Gasteiger partial charge in [0.25, 0.3) is 0 Å². The van der Waals surface area contributed by atoms with Crippen LogP contribution in [-0.4, -0.2) is 25.3 Å². The molecule has 0 spiro atoms. The quantitative estimate of drug-likeness (QED) is 0.711. The lowest BCUT2D eigenvalue weighted by Crippen LogP contribution is -2.22. The second-order valence-electron chi connectivity index (χ2n) is 4.29. The highest BCUT2D eigenvalue weighted by atomic mass is 16.6. The lowest BCUT2D eigenvalue weighted by Gasteiger charge is -2.21. The molecule has 0 aliphatic carbocycles. The van der Waals surface area contributed by atoms with Crippen LogP contribution in [0.4, 0.5) is 0 Å². The van der Waals surface area contributed by atoms with Gasteiger partial charge in [-0.3, -0.25) is 0 Å². The first kappa shape index (κ1) is 15.5. The molecule has 4 heteroatoms. The fourth-order valence-electron chi connectivity index (χ4n) is 1.73. The number of para-hydroxylation sites is 1. The van der Waals surface area contributed by atoms with E-state index in [0.717, 1.165) is 0 Å². The second kappa shape index (κ2) is 7.79. The van der Waals surface area contributed by atoms with Gasteiger partial charge in [0, 0.05) is 5.56 Å². The van der Waals surface area contributed by atoms with Crippen LogP contribution in [0.1, 0.15) is 39.4 Å². The molecule has 0 heterocycles. The van der Waals surface area contributed by atoms with Gasteiger partial charge < -0.3 is 14.2 Å². The number of hydrogen-bond donors (Lipinski definition) is 0. The summed E-state index contributed by atoms with van der Waals surface area (Å²) in [6, 6.07) is 7.38. The molecular formula is C15H22O4. The van der Waals surface area contributed by atoms with E-state index in [1.807, 2.05) is 45.0 Å². The summed E-state index contributed by atoms with van der Waals surface area (Å²) in [7, 11) is 0. The van der Waals surface area contributed by atoms with Gasteiger partial charge in [-0.05, 0) is 33.8 Å². The van der Waals surface area contributed by atoms with Crippen LogP contribution in [0.5, 0.6) is 5.75 Å². The Labute approximate surface area is 114 Å². The molecular weight excluding hydrogens is 244 g/mol. The second-order valence-corrected chi connectivity index (χ2v) is 4.29. The molecule has 1 atom stereocenters. The molecule has 106 valence electrons. The molecule has 4 nitrogen and oxygen atoms in total. The zero-order chi connectivity index (χ0) is 14.3. The summed E-state index contributed by atoms with van der Waals surface area (Å²) in [6.07, 6.45) is -0.827. The highest BCUT2D eigenvalue weighted by molar-refractivity contribution is 5.77. The molecule has 0 aliphatic heterocycles. The van der Waals surface area contributed by atoms with Crippen molar-refractivity contribution < 1.29 is 19.0 Å². The van der Waals surface area contributed by atoms with E-state index in [0.29, 0.717) is 24.5 Å². The Bertz CT molecular complexity index is 401. The third-order valence-electron chi connectivity index (χ3n) is 2.41. The van der Waals surface area contributed by atoms with Crippen molar-refractivity contribution in [1.82, 2.24) is 0 Å². The van der Waals surface area contributed by atoms with Crippen molar-refractivity contribution in [2.45, 2.75) is 39.9 Å². The van der Waals surface area contributed by atoms with Gasteiger partial charge in [0.2, 0.25) is 0 Å². The zero-order valence-electron chi connectivity index (χ0n) is 12.0.